The van der Waals surface area contributed by atoms with Crippen LogP contribution in [0.4, 0.5) is 0 Å². The second kappa shape index (κ2) is 2.96. The van der Waals surface area contributed by atoms with E-state index in [1.807, 2.05) is 18.2 Å². The summed E-state index contributed by atoms with van der Waals surface area (Å²) in [6.45, 7) is 0. The van der Waals surface area contributed by atoms with Gasteiger partial charge in [-0.05, 0) is 22.8 Å². The average molecular weight is 191 g/mol. The van der Waals surface area contributed by atoms with Gasteiger partial charge in [0.15, 0.2) is 0 Å². The van der Waals surface area contributed by atoms with Gasteiger partial charge in [-0.1, -0.05) is 42.5 Å². The van der Waals surface area contributed by atoms with Gasteiger partial charge < -0.3 is 0 Å². The Labute approximate surface area is 88.3 Å². The third kappa shape index (κ3) is 1.08. The lowest BCUT2D eigenvalue weighted by atomic mass is 9.89. The Morgan fingerprint density at radius 1 is 1.07 bits per heavy atom. The van der Waals surface area contributed by atoms with E-state index in [0.717, 1.165) is 17.6 Å². The van der Waals surface area contributed by atoms with E-state index in [-0.39, 0.29) is 0 Å². The maximum Gasteiger partial charge on any atom is 0.0994 e. The maximum absolute atomic E-state index is 9.05. The first-order valence-electron chi connectivity index (χ1n) is 5.01. The molecule has 0 heterocycles. The summed E-state index contributed by atoms with van der Waals surface area (Å²) in [7, 11) is 0. The molecule has 1 nitrogen and oxygen atoms in total. The Hall–Kier alpha value is -2.07. The summed E-state index contributed by atoms with van der Waals surface area (Å²) in [5, 5.41) is 11.5. The molecule has 0 saturated heterocycles. The Bertz CT molecular complexity index is 610. The van der Waals surface area contributed by atoms with E-state index in [0.29, 0.717) is 0 Å². The molecule has 0 atom stereocenters. The van der Waals surface area contributed by atoms with Crippen LogP contribution in [0.3, 0.4) is 0 Å². The van der Waals surface area contributed by atoms with Crippen molar-refractivity contribution in [3.05, 3.63) is 53.6 Å². The Morgan fingerprint density at radius 3 is 2.67 bits per heavy atom. The minimum atomic E-state index is 0.805. The summed E-state index contributed by atoms with van der Waals surface area (Å²) >= 11 is 0. The van der Waals surface area contributed by atoms with Crippen molar-refractivity contribution < 1.29 is 0 Å². The Balaban J connectivity index is 2.48. The van der Waals surface area contributed by atoms with Gasteiger partial charge in [0, 0.05) is 5.56 Å². The van der Waals surface area contributed by atoms with E-state index in [1.165, 1.54) is 16.3 Å². The lowest BCUT2D eigenvalue weighted by Crippen LogP contribution is -1.96. The van der Waals surface area contributed by atoms with Crippen LogP contribution in [0.25, 0.3) is 16.3 Å². The molecule has 2 aromatic rings. The fourth-order valence-corrected chi connectivity index (χ4v) is 2.24. The summed E-state index contributed by atoms with van der Waals surface area (Å²) in [5.74, 6) is 0. The summed E-state index contributed by atoms with van der Waals surface area (Å²) < 4.78 is 0. The van der Waals surface area contributed by atoms with Crippen molar-refractivity contribution in [3.8, 4) is 6.07 Å². The van der Waals surface area contributed by atoms with Gasteiger partial charge in [0.25, 0.3) is 0 Å². The number of hydrogen-bond donors (Lipinski definition) is 0. The lowest BCUT2D eigenvalue weighted by Gasteiger charge is -2.14. The second-order valence-electron chi connectivity index (χ2n) is 3.75. The predicted octanol–water partition coefficient (Wildman–Crippen LogP) is 3.30. The molecule has 0 N–H and O–H groups in total. The summed E-state index contributed by atoms with van der Waals surface area (Å²) in [6.07, 6.45) is 2.88. The molecule has 0 saturated carbocycles. The molecule has 0 aromatic heterocycles. The molecule has 70 valence electrons. The van der Waals surface area contributed by atoms with Crippen molar-refractivity contribution in [2.75, 3.05) is 0 Å². The fourth-order valence-electron chi connectivity index (χ4n) is 2.24. The predicted molar refractivity (Wildman–Crippen MR) is 61.2 cm³/mol. The molecule has 0 radical (unpaired) electrons. The highest BCUT2D eigenvalue weighted by Gasteiger charge is 2.13. The standard InChI is InChI=1S/C14H9N/c15-9-12-8-7-11-4-1-3-10-5-2-6-13(12)14(10)11/h1-6,8H,7H2. The van der Waals surface area contributed by atoms with Crippen molar-refractivity contribution >= 4 is 16.3 Å². The van der Waals surface area contributed by atoms with Crippen LogP contribution < -0.4 is 0 Å². The van der Waals surface area contributed by atoms with E-state index >= 15 is 0 Å². The summed E-state index contributed by atoms with van der Waals surface area (Å²) in [4.78, 5) is 0. The molecule has 1 aliphatic carbocycles. The second-order valence-corrected chi connectivity index (χ2v) is 3.75. The lowest BCUT2D eigenvalue weighted by molar-refractivity contribution is 1.28. The van der Waals surface area contributed by atoms with Crippen molar-refractivity contribution in [1.29, 1.82) is 5.26 Å². The van der Waals surface area contributed by atoms with Crippen LogP contribution in [0.5, 0.6) is 0 Å². The summed E-state index contributed by atoms with van der Waals surface area (Å²) in [5.41, 5.74) is 3.21. The van der Waals surface area contributed by atoms with E-state index in [2.05, 4.69) is 30.3 Å². The van der Waals surface area contributed by atoms with Crippen molar-refractivity contribution in [2.24, 2.45) is 0 Å². The van der Waals surface area contributed by atoms with Gasteiger partial charge in [0.1, 0.15) is 0 Å². The van der Waals surface area contributed by atoms with Crippen LogP contribution >= 0.6 is 0 Å². The van der Waals surface area contributed by atoms with Gasteiger partial charge in [-0.2, -0.15) is 5.26 Å². The third-order valence-electron chi connectivity index (χ3n) is 2.93. The Morgan fingerprint density at radius 2 is 1.87 bits per heavy atom. The van der Waals surface area contributed by atoms with Crippen molar-refractivity contribution in [2.45, 2.75) is 6.42 Å². The SMILES string of the molecule is N#CC1=CCc2cccc3cccc1c23. The molecule has 0 unspecified atom stereocenters. The highest BCUT2D eigenvalue weighted by Crippen LogP contribution is 2.32. The van der Waals surface area contributed by atoms with Crippen LogP contribution in [0.1, 0.15) is 11.1 Å². The molecule has 1 aliphatic rings. The van der Waals surface area contributed by atoms with Crippen molar-refractivity contribution in [1.82, 2.24) is 0 Å². The maximum atomic E-state index is 9.05. The smallest absolute Gasteiger partial charge is 0.0994 e. The minimum absolute atomic E-state index is 0.805. The largest absolute Gasteiger partial charge is 0.192 e. The van der Waals surface area contributed by atoms with Gasteiger partial charge in [-0.25, -0.2) is 0 Å². The van der Waals surface area contributed by atoms with Crippen LogP contribution in [0, 0.1) is 11.3 Å². The molecule has 0 amide bonds. The molecular formula is C14H9N. The zero-order valence-corrected chi connectivity index (χ0v) is 8.20. The molecule has 0 bridgehead atoms. The van der Waals surface area contributed by atoms with E-state index < -0.39 is 0 Å². The van der Waals surface area contributed by atoms with E-state index in [1.54, 1.807) is 0 Å². The number of rotatable bonds is 0. The number of benzene rings is 2. The average Bonchev–Trinajstić information content (AvgIpc) is 2.30. The van der Waals surface area contributed by atoms with Crippen molar-refractivity contribution in [3.63, 3.8) is 0 Å². The first-order chi connectivity index (χ1) is 7.40. The number of nitrogens with zero attached hydrogens (tertiary/aromatic N) is 1. The number of allylic oxidation sites excluding steroid dienone is 2. The quantitative estimate of drug-likeness (QED) is 0.626. The number of nitriles is 1. The van der Waals surface area contributed by atoms with E-state index in [9.17, 15) is 0 Å². The zero-order valence-electron chi connectivity index (χ0n) is 8.20. The molecule has 3 rings (SSSR count). The van der Waals surface area contributed by atoms with Gasteiger partial charge in [0.05, 0.1) is 11.6 Å². The van der Waals surface area contributed by atoms with Crippen LogP contribution in [0.15, 0.2) is 42.5 Å². The van der Waals surface area contributed by atoms with Gasteiger partial charge in [0.2, 0.25) is 0 Å². The molecule has 0 aliphatic heterocycles. The fraction of sp³-hybridized carbons (Fsp3) is 0.0714. The van der Waals surface area contributed by atoms with Gasteiger partial charge >= 0.3 is 0 Å². The first kappa shape index (κ1) is 8.26. The van der Waals surface area contributed by atoms with Gasteiger partial charge in [-0.15, -0.1) is 0 Å². The molecule has 15 heavy (non-hydrogen) atoms. The van der Waals surface area contributed by atoms with Crippen LogP contribution in [0.2, 0.25) is 0 Å². The third-order valence-corrected chi connectivity index (χ3v) is 2.93. The van der Waals surface area contributed by atoms with Crippen LogP contribution in [-0.4, -0.2) is 0 Å². The molecule has 0 fully saturated rings. The van der Waals surface area contributed by atoms with Gasteiger partial charge in [-0.3, -0.25) is 0 Å². The summed E-state index contributed by atoms with van der Waals surface area (Å²) in [6, 6.07) is 14.7. The van der Waals surface area contributed by atoms with E-state index in [4.69, 9.17) is 5.26 Å². The number of hydrogen-bond acceptors (Lipinski definition) is 1. The van der Waals surface area contributed by atoms with Crippen LogP contribution in [-0.2, 0) is 6.42 Å². The first-order valence-corrected chi connectivity index (χ1v) is 5.01. The molecule has 1 heteroatoms. The molecule has 2 aromatic carbocycles. The normalized spacial score (nSPS) is 13.4. The Kier molecular flexibility index (Phi) is 1.63. The highest BCUT2D eigenvalue weighted by molar-refractivity contribution is 6.00. The monoisotopic (exact) mass is 191 g/mol. The molecule has 0 spiro atoms. The highest BCUT2D eigenvalue weighted by atomic mass is 14.3. The molecular weight excluding hydrogens is 182 g/mol. The zero-order chi connectivity index (χ0) is 10.3. The topological polar surface area (TPSA) is 23.8 Å². The minimum Gasteiger partial charge on any atom is -0.192 e.